The standard InChI is InChI=1S/CO2.CH2O.CH4.H2S/c2-1-3;1-2;;/h;1H2;1H4;1H2. The highest BCUT2D eigenvalue weighted by Crippen LogP contribution is 0.787. The first kappa shape index (κ1) is 32.4. The van der Waals surface area contributed by atoms with Gasteiger partial charge in [0.1, 0.15) is 6.79 Å². The number of hydrogen-bond acceptors (Lipinski definition) is 3. The van der Waals surface area contributed by atoms with Gasteiger partial charge >= 0.3 is 6.15 Å². The number of hydrogen-bond donors (Lipinski definition) is 0. The largest absolute Gasteiger partial charge is 0.373 e. The minimum atomic E-state index is 0. The van der Waals surface area contributed by atoms with Gasteiger partial charge in [0.15, 0.2) is 0 Å². The van der Waals surface area contributed by atoms with Crippen molar-refractivity contribution in [1.29, 1.82) is 0 Å². The van der Waals surface area contributed by atoms with Gasteiger partial charge in [-0.2, -0.15) is 23.1 Å². The zero-order valence-electron chi connectivity index (χ0n) is 2.93. The molecule has 44 valence electrons. The summed E-state index contributed by atoms with van der Waals surface area (Å²) in [5, 5.41) is 0. The van der Waals surface area contributed by atoms with Crippen LogP contribution in [-0.4, -0.2) is 12.9 Å². The van der Waals surface area contributed by atoms with Crippen molar-refractivity contribution in [2.75, 3.05) is 0 Å². The fourth-order valence-corrected chi connectivity index (χ4v) is 0. The summed E-state index contributed by atoms with van der Waals surface area (Å²) in [6.07, 6.45) is 0.250. The molecule has 0 spiro atoms. The Bertz CT molecular complexity index is 39.4. The maximum atomic E-state index is 8.12. The van der Waals surface area contributed by atoms with E-state index in [-0.39, 0.29) is 27.1 Å². The normalized spacial score (nSPS) is 1.71. The van der Waals surface area contributed by atoms with Crippen LogP contribution in [0.2, 0.25) is 0 Å². The molecule has 0 aliphatic carbocycles. The van der Waals surface area contributed by atoms with Gasteiger partial charge in [-0.05, 0) is 0 Å². The van der Waals surface area contributed by atoms with Crippen molar-refractivity contribution in [3.8, 4) is 0 Å². The maximum Gasteiger partial charge on any atom is 0.373 e. The van der Waals surface area contributed by atoms with Gasteiger partial charge in [-0.25, -0.2) is 0 Å². The van der Waals surface area contributed by atoms with Gasteiger partial charge in [0.25, 0.3) is 0 Å². The summed E-state index contributed by atoms with van der Waals surface area (Å²) in [5.74, 6) is 0. The summed E-state index contributed by atoms with van der Waals surface area (Å²) < 4.78 is 0. The zero-order valence-corrected chi connectivity index (χ0v) is 3.93. The second-order valence-electron chi connectivity index (χ2n) is 0.0833. The minimum absolute atomic E-state index is 0. The molecule has 0 amide bonds. The first-order valence-electron chi connectivity index (χ1n) is 0.697. The summed E-state index contributed by atoms with van der Waals surface area (Å²) in [6.45, 7) is 2.00. The smallest absolute Gasteiger partial charge is 0.307 e. The number of carbonyl (C=O) groups excluding carboxylic acids is 3. The molecular formula is C3H8O3S. The lowest BCUT2D eigenvalue weighted by Crippen LogP contribution is -1.22. The Morgan fingerprint density at radius 2 is 1.14 bits per heavy atom. The molecule has 0 atom stereocenters. The van der Waals surface area contributed by atoms with Gasteiger partial charge in [0.05, 0.1) is 0 Å². The molecule has 0 radical (unpaired) electrons. The van der Waals surface area contributed by atoms with Crippen molar-refractivity contribution in [3.05, 3.63) is 0 Å². The van der Waals surface area contributed by atoms with E-state index in [1.807, 2.05) is 6.79 Å². The molecule has 3 nitrogen and oxygen atoms in total. The molecule has 0 aromatic heterocycles. The topological polar surface area (TPSA) is 51.2 Å². The Kier molecular flexibility index (Phi) is 3020. The zero-order chi connectivity index (χ0) is 4.71. The third kappa shape index (κ3) is 173. The Morgan fingerprint density at radius 1 is 1.14 bits per heavy atom. The quantitative estimate of drug-likeness (QED) is 0.456. The van der Waals surface area contributed by atoms with Crippen molar-refractivity contribution in [3.63, 3.8) is 0 Å². The highest BCUT2D eigenvalue weighted by molar-refractivity contribution is 7.59. The fraction of sp³-hybridized carbons (Fsp3) is 0.333. The molecule has 0 saturated carbocycles. The maximum absolute atomic E-state index is 8.12. The molecule has 7 heavy (non-hydrogen) atoms. The van der Waals surface area contributed by atoms with E-state index in [2.05, 4.69) is 0 Å². The van der Waals surface area contributed by atoms with Gasteiger partial charge in [0.2, 0.25) is 0 Å². The molecular weight excluding hydrogens is 116 g/mol. The minimum Gasteiger partial charge on any atom is -0.307 e. The molecule has 0 aromatic rings. The predicted octanol–water partition coefficient (Wildman–Crippen LogP) is -0.0195. The molecule has 0 unspecified atom stereocenters. The molecule has 0 aromatic carbocycles. The number of rotatable bonds is 0. The molecule has 0 aliphatic heterocycles. The molecule has 0 saturated heterocycles. The van der Waals surface area contributed by atoms with Crippen LogP contribution in [0.25, 0.3) is 0 Å². The number of carbonyl (C=O) groups is 1. The van der Waals surface area contributed by atoms with E-state index in [0.717, 1.165) is 0 Å². The predicted molar refractivity (Wildman–Crippen MR) is 29.2 cm³/mol. The van der Waals surface area contributed by atoms with Crippen molar-refractivity contribution >= 4 is 26.4 Å². The summed E-state index contributed by atoms with van der Waals surface area (Å²) in [6, 6.07) is 0. The van der Waals surface area contributed by atoms with E-state index in [1.54, 1.807) is 0 Å². The van der Waals surface area contributed by atoms with Gasteiger partial charge in [0, 0.05) is 0 Å². The van der Waals surface area contributed by atoms with Gasteiger partial charge in [-0.3, -0.25) is 0 Å². The molecule has 0 aliphatic rings. The lowest BCUT2D eigenvalue weighted by molar-refractivity contribution is -0.191. The van der Waals surface area contributed by atoms with E-state index in [1.165, 1.54) is 0 Å². The van der Waals surface area contributed by atoms with Crippen molar-refractivity contribution in [2.45, 2.75) is 7.43 Å². The Labute approximate surface area is 49.2 Å². The second kappa shape index (κ2) is 653. The van der Waals surface area contributed by atoms with Crippen LogP contribution in [0.4, 0.5) is 0 Å². The average Bonchev–Trinajstić information content (AvgIpc) is 1.46. The van der Waals surface area contributed by atoms with E-state index in [4.69, 9.17) is 14.4 Å². The highest BCUT2D eigenvalue weighted by atomic mass is 32.1. The van der Waals surface area contributed by atoms with Crippen molar-refractivity contribution in [2.24, 2.45) is 0 Å². The third-order valence-corrected chi connectivity index (χ3v) is 0. The molecule has 0 fully saturated rings. The highest BCUT2D eigenvalue weighted by Gasteiger charge is 1.13. The lowest BCUT2D eigenvalue weighted by atomic mass is 11.8. The molecule has 0 N–H and O–H groups in total. The van der Waals surface area contributed by atoms with E-state index >= 15 is 0 Å². The van der Waals surface area contributed by atoms with E-state index in [9.17, 15) is 0 Å². The SMILES string of the molecule is C.C=O.O=C=O.S. The molecule has 0 bridgehead atoms. The third-order valence-electron chi connectivity index (χ3n) is 0. The Morgan fingerprint density at radius 3 is 1.14 bits per heavy atom. The van der Waals surface area contributed by atoms with Crippen LogP contribution in [0.15, 0.2) is 0 Å². The van der Waals surface area contributed by atoms with Gasteiger partial charge < -0.3 is 4.79 Å². The molecule has 4 heteroatoms. The van der Waals surface area contributed by atoms with Crippen molar-refractivity contribution < 1.29 is 14.4 Å². The van der Waals surface area contributed by atoms with Crippen LogP contribution in [0, 0.1) is 0 Å². The summed E-state index contributed by atoms with van der Waals surface area (Å²) >= 11 is 0. The monoisotopic (exact) mass is 124 g/mol. The van der Waals surface area contributed by atoms with Crippen LogP contribution in [0.5, 0.6) is 0 Å². The Hall–Kier alpha value is -0.600. The summed E-state index contributed by atoms with van der Waals surface area (Å²) in [7, 11) is 0. The molecule has 0 heterocycles. The first-order valence-corrected chi connectivity index (χ1v) is 0.697. The van der Waals surface area contributed by atoms with Crippen LogP contribution >= 0.6 is 13.5 Å². The van der Waals surface area contributed by atoms with E-state index < -0.39 is 0 Å². The van der Waals surface area contributed by atoms with Gasteiger partial charge in [-0.1, -0.05) is 7.43 Å². The molecule has 0 rings (SSSR count). The van der Waals surface area contributed by atoms with Crippen LogP contribution in [0.3, 0.4) is 0 Å². The second-order valence-corrected chi connectivity index (χ2v) is 0.0833. The summed E-state index contributed by atoms with van der Waals surface area (Å²) in [5.41, 5.74) is 0. The van der Waals surface area contributed by atoms with Crippen LogP contribution in [-0.2, 0) is 14.4 Å². The average molecular weight is 124 g/mol. The van der Waals surface area contributed by atoms with Gasteiger partial charge in [-0.15, -0.1) is 0 Å². The van der Waals surface area contributed by atoms with E-state index in [0.29, 0.717) is 0 Å². The summed E-state index contributed by atoms with van der Waals surface area (Å²) in [4.78, 5) is 24.2. The first-order chi connectivity index (χ1) is 2.41. The Balaban J connectivity index is -0.0000000105. The fourth-order valence-electron chi connectivity index (χ4n) is 0. The van der Waals surface area contributed by atoms with Crippen molar-refractivity contribution in [1.82, 2.24) is 0 Å². The van der Waals surface area contributed by atoms with Crippen LogP contribution in [0.1, 0.15) is 7.43 Å². The van der Waals surface area contributed by atoms with Crippen LogP contribution < -0.4 is 0 Å². The lowest BCUT2D eigenvalue weighted by Gasteiger charge is -0.945.